The number of rotatable bonds is 9. The van der Waals surface area contributed by atoms with E-state index in [1.807, 2.05) is 0 Å². The number of nitrogens with two attached hydrogens (primary N) is 1. The quantitative estimate of drug-likeness (QED) is 0.189. The van der Waals surface area contributed by atoms with E-state index in [2.05, 4.69) is 16.0 Å². The number of halogens is 2. The summed E-state index contributed by atoms with van der Waals surface area (Å²) in [4.78, 5) is 39.1. The summed E-state index contributed by atoms with van der Waals surface area (Å²) in [7, 11) is 0. The number of nitrogen functional groups attached to an aromatic ring is 1. The van der Waals surface area contributed by atoms with E-state index in [9.17, 15) is 23.2 Å². The lowest BCUT2D eigenvalue weighted by molar-refractivity contribution is -0.131. The van der Waals surface area contributed by atoms with Crippen LogP contribution in [0, 0.1) is 11.6 Å². The Labute approximate surface area is 224 Å². The highest BCUT2D eigenvalue weighted by Crippen LogP contribution is 2.21. The molecule has 0 saturated heterocycles. The summed E-state index contributed by atoms with van der Waals surface area (Å²) in [5.74, 6) is -3.83. The molecule has 5 N–H and O–H groups in total. The lowest BCUT2D eigenvalue weighted by Gasteiger charge is -2.18. The lowest BCUT2D eigenvalue weighted by Crippen LogP contribution is -2.39. The Hall–Kier alpha value is -5.05. The van der Waals surface area contributed by atoms with E-state index in [0.29, 0.717) is 33.6 Å². The zero-order valence-corrected chi connectivity index (χ0v) is 20.8. The average molecular weight is 529 g/mol. The van der Waals surface area contributed by atoms with E-state index in [1.165, 1.54) is 60.7 Å². The van der Waals surface area contributed by atoms with Gasteiger partial charge in [-0.3, -0.25) is 14.4 Å². The minimum atomic E-state index is -1.28. The van der Waals surface area contributed by atoms with Crippen molar-refractivity contribution < 1.29 is 23.2 Å². The second-order valence-electron chi connectivity index (χ2n) is 8.79. The summed E-state index contributed by atoms with van der Waals surface area (Å²) in [6, 6.07) is 24.3. The van der Waals surface area contributed by atoms with Crippen molar-refractivity contribution in [3.63, 3.8) is 0 Å². The third kappa shape index (κ3) is 7.26. The van der Waals surface area contributed by atoms with Crippen molar-refractivity contribution >= 4 is 29.1 Å². The molecule has 0 atom stereocenters. The van der Waals surface area contributed by atoms with Crippen molar-refractivity contribution in [1.29, 1.82) is 0 Å². The molecule has 0 aliphatic carbocycles. The Balaban J connectivity index is 1.52. The largest absolute Gasteiger partial charge is 0.397 e. The van der Waals surface area contributed by atoms with Crippen LogP contribution >= 0.6 is 0 Å². The number of anilines is 2. The van der Waals surface area contributed by atoms with Gasteiger partial charge >= 0.3 is 0 Å². The molecular formula is C30H26F2N4O3. The van der Waals surface area contributed by atoms with Gasteiger partial charge in [-0.1, -0.05) is 48.5 Å². The molecule has 9 heteroatoms. The van der Waals surface area contributed by atoms with Crippen LogP contribution in [-0.2, 0) is 22.7 Å². The highest BCUT2D eigenvalue weighted by atomic mass is 19.1. The molecule has 198 valence electrons. The molecule has 39 heavy (non-hydrogen) atoms. The summed E-state index contributed by atoms with van der Waals surface area (Å²) in [5.41, 5.74) is 8.43. The van der Waals surface area contributed by atoms with Crippen molar-refractivity contribution in [1.82, 2.24) is 10.6 Å². The number of hydrogen-bond donors (Lipinski definition) is 4. The fourth-order valence-electron chi connectivity index (χ4n) is 3.93. The molecule has 0 heterocycles. The number of para-hydroxylation sites is 2. The number of carbonyl (C=O) groups is 3. The maximum Gasteiger partial charge on any atom is 0.255 e. The van der Waals surface area contributed by atoms with E-state index in [0.717, 1.165) is 0 Å². The molecule has 0 aromatic heterocycles. The SMILES string of the molecule is Nc1ccccc1NC(=O)c1ccc(C(C(=O)NCc2cccc(F)c2)C(=O)NCc2cccc(F)c2)cc1. The zero-order chi connectivity index (χ0) is 27.8. The Morgan fingerprint density at radius 3 is 1.74 bits per heavy atom. The van der Waals surface area contributed by atoms with Gasteiger partial charge in [-0.05, 0) is 65.2 Å². The Kier molecular flexibility index (Phi) is 8.63. The van der Waals surface area contributed by atoms with Crippen LogP contribution in [0.3, 0.4) is 0 Å². The van der Waals surface area contributed by atoms with Gasteiger partial charge in [0.1, 0.15) is 17.6 Å². The zero-order valence-electron chi connectivity index (χ0n) is 20.8. The van der Waals surface area contributed by atoms with E-state index in [-0.39, 0.29) is 13.1 Å². The highest BCUT2D eigenvalue weighted by molar-refractivity contribution is 6.07. The van der Waals surface area contributed by atoms with Crippen LogP contribution in [0.2, 0.25) is 0 Å². The molecular weight excluding hydrogens is 502 g/mol. The topological polar surface area (TPSA) is 113 Å². The lowest BCUT2D eigenvalue weighted by atomic mass is 9.95. The van der Waals surface area contributed by atoms with Crippen LogP contribution in [0.25, 0.3) is 0 Å². The third-order valence-electron chi connectivity index (χ3n) is 5.95. The van der Waals surface area contributed by atoms with Gasteiger partial charge in [0.25, 0.3) is 5.91 Å². The van der Waals surface area contributed by atoms with E-state index in [4.69, 9.17) is 5.73 Å². The fourth-order valence-corrected chi connectivity index (χ4v) is 3.93. The number of carbonyl (C=O) groups excluding carboxylic acids is 3. The Morgan fingerprint density at radius 1 is 0.692 bits per heavy atom. The summed E-state index contributed by atoms with van der Waals surface area (Å²) in [5, 5.41) is 8.06. The third-order valence-corrected chi connectivity index (χ3v) is 5.95. The van der Waals surface area contributed by atoms with Crippen LogP contribution in [0.5, 0.6) is 0 Å². The first-order valence-electron chi connectivity index (χ1n) is 12.1. The first kappa shape index (κ1) is 27.0. The van der Waals surface area contributed by atoms with Crippen LogP contribution in [-0.4, -0.2) is 17.7 Å². The second kappa shape index (κ2) is 12.5. The standard InChI is InChI=1S/C30H26F2N4O3/c31-23-7-3-5-19(15-23)17-34-29(38)27(30(39)35-18-20-6-4-8-24(32)16-20)21-11-13-22(14-12-21)28(37)36-26-10-2-1-9-25(26)33/h1-16,27H,17-18,33H2,(H,34,38)(H,35,39)(H,36,37). The average Bonchev–Trinajstić information content (AvgIpc) is 2.92. The molecule has 0 spiro atoms. The van der Waals surface area contributed by atoms with Gasteiger partial charge in [0.2, 0.25) is 11.8 Å². The first-order chi connectivity index (χ1) is 18.8. The van der Waals surface area contributed by atoms with Gasteiger partial charge in [-0.2, -0.15) is 0 Å². The summed E-state index contributed by atoms with van der Waals surface area (Å²) in [6.07, 6.45) is 0. The van der Waals surface area contributed by atoms with E-state index < -0.39 is 35.3 Å². The molecule has 0 unspecified atom stereocenters. The molecule has 4 aromatic carbocycles. The highest BCUT2D eigenvalue weighted by Gasteiger charge is 2.28. The number of hydrogen-bond acceptors (Lipinski definition) is 4. The molecule has 4 rings (SSSR count). The predicted molar refractivity (Wildman–Crippen MR) is 144 cm³/mol. The summed E-state index contributed by atoms with van der Waals surface area (Å²) >= 11 is 0. The van der Waals surface area contributed by atoms with Crippen molar-refractivity contribution in [3.8, 4) is 0 Å². The molecule has 3 amide bonds. The minimum Gasteiger partial charge on any atom is -0.397 e. The number of nitrogens with one attached hydrogen (secondary N) is 3. The molecule has 0 fully saturated rings. The maximum atomic E-state index is 13.6. The first-order valence-corrected chi connectivity index (χ1v) is 12.1. The fraction of sp³-hybridized carbons (Fsp3) is 0.100. The van der Waals surface area contributed by atoms with Gasteiger partial charge in [0, 0.05) is 18.7 Å². The van der Waals surface area contributed by atoms with Gasteiger partial charge in [0.05, 0.1) is 11.4 Å². The molecule has 7 nitrogen and oxygen atoms in total. The normalized spacial score (nSPS) is 10.6. The minimum absolute atomic E-state index is 0.00323. The van der Waals surface area contributed by atoms with Crippen LogP contribution < -0.4 is 21.7 Å². The molecule has 4 aromatic rings. The van der Waals surface area contributed by atoms with Crippen molar-refractivity contribution in [2.45, 2.75) is 19.0 Å². The van der Waals surface area contributed by atoms with Gasteiger partial charge in [0.15, 0.2) is 0 Å². The van der Waals surface area contributed by atoms with E-state index in [1.54, 1.807) is 36.4 Å². The van der Waals surface area contributed by atoms with Crippen LogP contribution in [0.4, 0.5) is 20.2 Å². The summed E-state index contributed by atoms with van der Waals surface area (Å²) in [6.45, 7) is 0.00646. The van der Waals surface area contributed by atoms with Crippen molar-refractivity contribution in [3.05, 3.63) is 131 Å². The van der Waals surface area contributed by atoms with Crippen LogP contribution in [0.15, 0.2) is 97.1 Å². The number of amides is 3. The number of benzene rings is 4. The Morgan fingerprint density at radius 2 is 1.23 bits per heavy atom. The molecule has 0 aliphatic rings. The maximum absolute atomic E-state index is 13.6. The monoisotopic (exact) mass is 528 g/mol. The Bertz CT molecular complexity index is 1430. The molecule has 0 saturated carbocycles. The predicted octanol–water partition coefficient (Wildman–Crippen LogP) is 4.52. The van der Waals surface area contributed by atoms with Gasteiger partial charge in [-0.15, -0.1) is 0 Å². The molecule has 0 aliphatic heterocycles. The van der Waals surface area contributed by atoms with Crippen molar-refractivity contribution in [2.24, 2.45) is 0 Å². The summed E-state index contributed by atoms with van der Waals surface area (Å²) < 4.78 is 27.1. The van der Waals surface area contributed by atoms with Crippen LogP contribution in [0.1, 0.15) is 33.0 Å². The van der Waals surface area contributed by atoms with Gasteiger partial charge in [-0.25, -0.2) is 8.78 Å². The van der Waals surface area contributed by atoms with Crippen molar-refractivity contribution in [2.75, 3.05) is 11.1 Å². The smallest absolute Gasteiger partial charge is 0.255 e. The van der Waals surface area contributed by atoms with Gasteiger partial charge < -0.3 is 21.7 Å². The molecule has 0 radical (unpaired) electrons. The molecule has 0 bridgehead atoms. The van der Waals surface area contributed by atoms with E-state index >= 15 is 0 Å². The second-order valence-corrected chi connectivity index (χ2v) is 8.79.